The van der Waals surface area contributed by atoms with Crippen molar-refractivity contribution >= 4 is 27.3 Å². The topological polar surface area (TPSA) is 163 Å². The van der Waals surface area contributed by atoms with Crippen molar-refractivity contribution in [3.8, 4) is 17.1 Å². The van der Waals surface area contributed by atoms with Crippen LogP contribution in [0.3, 0.4) is 0 Å². The minimum atomic E-state index is -3.03. The molecule has 11 nitrogen and oxygen atoms in total. The van der Waals surface area contributed by atoms with E-state index in [1.165, 1.54) is 19.6 Å². The Bertz CT molecular complexity index is 1040. The van der Waals surface area contributed by atoms with E-state index in [1.807, 2.05) is 0 Å². The third-order valence-corrected chi connectivity index (χ3v) is 6.11. The van der Waals surface area contributed by atoms with E-state index >= 15 is 0 Å². The molecular formula is C18H24N6O5S. The van der Waals surface area contributed by atoms with Crippen LogP contribution < -0.4 is 15.8 Å². The maximum atomic E-state index is 11.9. The molecule has 0 aromatic carbocycles. The third-order valence-electron chi connectivity index (χ3n) is 5.03. The maximum absolute atomic E-state index is 11.9. The number of sulfone groups is 1. The van der Waals surface area contributed by atoms with Crippen molar-refractivity contribution in [2.45, 2.75) is 31.7 Å². The average molecular weight is 436 g/mol. The van der Waals surface area contributed by atoms with Crippen LogP contribution in [0.4, 0.5) is 17.5 Å². The van der Waals surface area contributed by atoms with Crippen molar-refractivity contribution in [3.05, 3.63) is 28.4 Å². The average Bonchev–Trinajstić information content (AvgIpc) is 2.67. The van der Waals surface area contributed by atoms with E-state index < -0.39 is 14.8 Å². The van der Waals surface area contributed by atoms with Crippen LogP contribution >= 0.6 is 0 Å². The number of hydrogen-bond acceptors (Lipinski definition) is 10. The van der Waals surface area contributed by atoms with Crippen LogP contribution in [0.5, 0.6) is 5.88 Å². The Morgan fingerprint density at radius 1 is 1.30 bits per heavy atom. The molecule has 3 rings (SSSR count). The van der Waals surface area contributed by atoms with Crippen molar-refractivity contribution < 1.29 is 18.1 Å². The van der Waals surface area contributed by atoms with Crippen LogP contribution in [-0.4, -0.2) is 53.5 Å². The number of rotatable bonds is 7. The van der Waals surface area contributed by atoms with Crippen LogP contribution in [0.1, 0.15) is 25.7 Å². The number of aromatic nitrogens is 3. The molecule has 2 aromatic rings. The van der Waals surface area contributed by atoms with Crippen molar-refractivity contribution in [1.29, 1.82) is 0 Å². The molecule has 0 unspecified atom stereocenters. The van der Waals surface area contributed by atoms with Gasteiger partial charge in [-0.05, 0) is 43.7 Å². The molecule has 1 saturated carbocycles. The van der Waals surface area contributed by atoms with E-state index in [0.29, 0.717) is 31.2 Å². The molecular weight excluding hydrogens is 412 g/mol. The quantitative estimate of drug-likeness (QED) is 0.485. The minimum absolute atomic E-state index is 0.0192. The first-order valence-electron chi connectivity index (χ1n) is 9.43. The van der Waals surface area contributed by atoms with Gasteiger partial charge in [0.05, 0.1) is 23.3 Å². The fourth-order valence-corrected chi connectivity index (χ4v) is 4.95. The lowest BCUT2D eigenvalue weighted by atomic mass is 9.87. The van der Waals surface area contributed by atoms with Crippen LogP contribution in [0.2, 0.25) is 0 Å². The third kappa shape index (κ3) is 5.12. The van der Waals surface area contributed by atoms with E-state index in [1.54, 1.807) is 12.1 Å². The fraction of sp³-hybridized carbons (Fsp3) is 0.500. The van der Waals surface area contributed by atoms with Gasteiger partial charge in [0, 0.05) is 18.5 Å². The van der Waals surface area contributed by atoms with Gasteiger partial charge in [-0.2, -0.15) is 4.98 Å². The van der Waals surface area contributed by atoms with E-state index in [2.05, 4.69) is 20.3 Å². The van der Waals surface area contributed by atoms with Crippen LogP contribution in [0.15, 0.2) is 18.3 Å². The molecule has 1 aliphatic carbocycles. The molecule has 30 heavy (non-hydrogen) atoms. The first kappa shape index (κ1) is 21.7. The summed E-state index contributed by atoms with van der Waals surface area (Å²) in [6, 6.07) is 3.15. The highest BCUT2D eigenvalue weighted by molar-refractivity contribution is 7.90. The van der Waals surface area contributed by atoms with Gasteiger partial charge in [-0.15, -0.1) is 0 Å². The molecule has 2 heterocycles. The Labute approximate surface area is 174 Å². The van der Waals surface area contributed by atoms with Gasteiger partial charge in [-0.25, -0.2) is 18.4 Å². The van der Waals surface area contributed by atoms with Crippen LogP contribution in [0, 0.1) is 16.0 Å². The van der Waals surface area contributed by atoms with Crippen molar-refractivity contribution in [1.82, 2.24) is 15.0 Å². The summed E-state index contributed by atoms with van der Waals surface area (Å²) >= 11 is 0. The molecule has 0 amide bonds. The molecule has 1 aliphatic rings. The Morgan fingerprint density at radius 2 is 2.00 bits per heavy atom. The molecule has 2 aromatic heterocycles. The molecule has 12 heteroatoms. The van der Waals surface area contributed by atoms with Gasteiger partial charge in [-0.3, -0.25) is 10.1 Å². The number of pyridine rings is 1. The number of methoxy groups -OCH3 is 1. The number of hydrogen-bond donors (Lipinski definition) is 2. The number of nitro groups is 1. The molecule has 0 saturated heterocycles. The summed E-state index contributed by atoms with van der Waals surface area (Å²) in [7, 11) is -1.62. The molecule has 0 aliphatic heterocycles. The second-order valence-electron chi connectivity index (χ2n) is 7.40. The summed E-state index contributed by atoms with van der Waals surface area (Å²) in [6.45, 7) is 0. The van der Waals surface area contributed by atoms with Gasteiger partial charge in [0.15, 0.2) is 5.69 Å². The van der Waals surface area contributed by atoms with E-state index in [9.17, 15) is 18.5 Å². The minimum Gasteiger partial charge on any atom is -0.481 e. The predicted octanol–water partition coefficient (Wildman–Crippen LogP) is 2.05. The summed E-state index contributed by atoms with van der Waals surface area (Å²) in [5.74, 6) is 0.352. The van der Waals surface area contributed by atoms with Crippen LogP contribution in [-0.2, 0) is 9.84 Å². The summed E-state index contributed by atoms with van der Waals surface area (Å²) in [5.41, 5.74) is 5.88. The standard InChI is InChI=1S/C18H24N6O5S/c1-29-17-13(4-3-9-20-17)14-15(24(25)26)16(23-18(19)22-14)21-12-7-5-11(6-8-12)10-30(2,27)28/h3-4,9,11-12H,5-8,10H2,1-2H3,(H3,19,21,22,23)/t11-,12-. The summed E-state index contributed by atoms with van der Waals surface area (Å²) < 4.78 is 28.2. The van der Waals surface area contributed by atoms with Crippen molar-refractivity contribution in [3.63, 3.8) is 0 Å². The number of ether oxygens (including phenoxy) is 1. The van der Waals surface area contributed by atoms with Gasteiger partial charge in [0.25, 0.3) is 0 Å². The lowest BCUT2D eigenvalue weighted by molar-refractivity contribution is -0.383. The predicted molar refractivity (Wildman–Crippen MR) is 112 cm³/mol. The Balaban J connectivity index is 1.89. The molecule has 162 valence electrons. The zero-order valence-electron chi connectivity index (χ0n) is 16.7. The maximum Gasteiger partial charge on any atom is 0.337 e. The zero-order valence-corrected chi connectivity index (χ0v) is 17.6. The second-order valence-corrected chi connectivity index (χ2v) is 9.58. The van der Waals surface area contributed by atoms with Gasteiger partial charge in [-0.1, -0.05) is 0 Å². The van der Waals surface area contributed by atoms with E-state index in [4.69, 9.17) is 10.5 Å². The van der Waals surface area contributed by atoms with E-state index in [0.717, 1.165) is 0 Å². The number of anilines is 2. The van der Waals surface area contributed by atoms with E-state index in [-0.39, 0.29) is 46.7 Å². The first-order chi connectivity index (χ1) is 14.2. The SMILES string of the molecule is COc1ncccc1-c1nc(N)nc(N[C@H]2CC[C@H](CS(C)(=O)=O)CC2)c1[N+](=O)[O-]. The summed E-state index contributed by atoms with van der Waals surface area (Å²) in [6.07, 6.45) is 5.51. The zero-order chi connectivity index (χ0) is 21.9. The fourth-order valence-electron chi connectivity index (χ4n) is 3.76. The largest absolute Gasteiger partial charge is 0.481 e. The summed E-state index contributed by atoms with van der Waals surface area (Å²) in [4.78, 5) is 23.6. The van der Waals surface area contributed by atoms with Crippen molar-refractivity contribution in [2.75, 3.05) is 30.2 Å². The first-order valence-corrected chi connectivity index (χ1v) is 11.5. The normalized spacial score (nSPS) is 19.3. The molecule has 3 N–H and O–H groups in total. The Hall–Kier alpha value is -3.02. The smallest absolute Gasteiger partial charge is 0.337 e. The number of nitrogens with two attached hydrogens (primary N) is 1. The molecule has 0 spiro atoms. The van der Waals surface area contributed by atoms with Gasteiger partial charge in [0.2, 0.25) is 17.6 Å². The Kier molecular flexibility index (Phi) is 6.34. The van der Waals surface area contributed by atoms with Gasteiger partial charge in [0.1, 0.15) is 9.84 Å². The highest BCUT2D eigenvalue weighted by Crippen LogP contribution is 2.39. The molecule has 0 atom stereocenters. The Morgan fingerprint density at radius 3 is 2.60 bits per heavy atom. The van der Waals surface area contributed by atoms with Gasteiger partial charge >= 0.3 is 5.69 Å². The molecule has 0 bridgehead atoms. The van der Waals surface area contributed by atoms with Gasteiger partial charge < -0.3 is 15.8 Å². The lowest BCUT2D eigenvalue weighted by Gasteiger charge is -2.29. The molecule has 1 fully saturated rings. The second kappa shape index (κ2) is 8.78. The summed E-state index contributed by atoms with van der Waals surface area (Å²) in [5, 5.41) is 15.0. The number of nitrogens with zero attached hydrogens (tertiary/aromatic N) is 4. The molecule has 0 radical (unpaired) electrons. The highest BCUT2D eigenvalue weighted by atomic mass is 32.2. The van der Waals surface area contributed by atoms with Crippen LogP contribution in [0.25, 0.3) is 11.3 Å². The highest BCUT2D eigenvalue weighted by Gasteiger charge is 2.30. The lowest BCUT2D eigenvalue weighted by Crippen LogP contribution is -2.29. The number of nitrogen functional groups attached to an aromatic ring is 1. The van der Waals surface area contributed by atoms with Crippen molar-refractivity contribution in [2.24, 2.45) is 5.92 Å². The monoisotopic (exact) mass is 436 g/mol. The number of nitrogens with one attached hydrogen (secondary N) is 1.